The topological polar surface area (TPSA) is 29.1 Å². The van der Waals surface area contributed by atoms with E-state index < -0.39 is 16.8 Å². The molecule has 0 spiro atoms. The highest BCUT2D eigenvalue weighted by molar-refractivity contribution is 14.1. The van der Waals surface area contributed by atoms with Crippen LogP contribution in [0, 0.1) is 14.9 Å². The van der Waals surface area contributed by atoms with Crippen LogP contribution in [-0.2, 0) is 0 Å². The van der Waals surface area contributed by atoms with Gasteiger partial charge in [0, 0.05) is 16.5 Å². The molecule has 1 aromatic rings. The van der Waals surface area contributed by atoms with Gasteiger partial charge in [-0.15, -0.1) is 0 Å². The molecule has 130 valence electrons. The second kappa shape index (κ2) is 5.53. The van der Waals surface area contributed by atoms with Crippen molar-refractivity contribution in [2.45, 2.75) is 49.9 Å². The second-order valence-corrected chi connectivity index (χ2v) is 9.77. The SMILES string of the molecule is O=C(NCC12CC3C[C@@](F)(C1)C[C@](F)(C3)C2)c1cc(I)ccc1Cl. The molecule has 0 radical (unpaired) electrons. The Morgan fingerprint density at radius 1 is 1.21 bits per heavy atom. The zero-order valence-corrected chi connectivity index (χ0v) is 16.1. The van der Waals surface area contributed by atoms with E-state index in [9.17, 15) is 13.6 Å². The summed E-state index contributed by atoms with van der Waals surface area (Å²) >= 11 is 8.23. The number of halogens is 4. The van der Waals surface area contributed by atoms with Gasteiger partial charge in [0.2, 0.25) is 0 Å². The third-order valence-corrected chi connectivity index (χ3v) is 6.85. The molecule has 0 saturated heterocycles. The quantitative estimate of drug-likeness (QED) is 0.620. The Bertz CT molecular complexity index is 694. The number of nitrogens with one attached hydrogen (secondary N) is 1. The van der Waals surface area contributed by atoms with Gasteiger partial charge in [-0.05, 0) is 84.2 Å². The van der Waals surface area contributed by atoms with Gasteiger partial charge in [0.25, 0.3) is 5.91 Å². The van der Waals surface area contributed by atoms with Crippen molar-refractivity contribution < 1.29 is 13.6 Å². The maximum atomic E-state index is 15.0. The molecule has 4 bridgehead atoms. The third kappa shape index (κ3) is 2.96. The lowest BCUT2D eigenvalue weighted by Gasteiger charge is -2.61. The van der Waals surface area contributed by atoms with E-state index in [-0.39, 0.29) is 18.2 Å². The molecule has 4 aliphatic carbocycles. The lowest BCUT2D eigenvalue weighted by molar-refractivity contribution is -0.172. The average molecular weight is 466 g/mol. The summed E-state index contributed by atoms with van der Waals surface area (Å²) in [6.45, 7) is 0.321. The number of hydrogen-bond donors (Lipinski definition) is 1. The summed E-state index contributed by atoms with van der Waals surface area (Å²) in [5.41, 5.74) is -2.82. The first kappa shape index (κ1) is 17.0. The van der Waals surface area contributed by atoms with Crippen LogP contribution in [0.4, 0.5) is 8.78 Å². The van der Waals surface area contributed by atoms with Crippen LogP contribution in [0.25, 0.3) is 0 Å². The molecule has 2 nitrogen and oxygen atoms in total. The molecular weight excluding hydrogens is 447 g/mol. The van der Waals surface area contributed by atoms with Gasteiger partial charge in [-0.25, -0.2) is 8.78 Å². The Labute approximate surface area is 158 Å². The second-order valence-electron chi connectivity index (χ2n) is 8.12. The monoisotopic (exact) mass is 465 g/mol. The van der Waals surface area contributed by atoms with Crippen molar-refractivity contribution in [2.75, 3.05) is 6.54 Å². The average Bonchev–Trinajstić information content (AvgIpc) is 2.43. The lowest BCUT2D eigenvalue weighted by Crippen LogP contribution is -2.62. The van der Waals surface area contributed by atoms with Gasteiger partial charge in [0.15, 0.2) is 0 Å². The van der Waals surface area contributed by atoms with E-state index in [4.69, 9.17) is 11.6 Å². The third-order valence-electron chi connectivity index (χ3n) is 5.84. The molecule has 1 N–H and O–H groups in total. The smallest absolute Gasteiger partial charge is 0.252 e. The Morgan fingerprint density at radius 2 is 1.88 bits per heavy atom. The summed E-state index contributed by atoms with van der Waals surface area (Å²) in [7, 11) is 0. The van der Waals surface area contributed by atoms with Crippen molar-refractivity contribution in [3.05, 3.63) is 32.4 Å². The van der Waals surface area contributed by atoms with E-state index >= 15 is 0 Å². The molecule has 0 aliphatic heterocycles. The molecular formula is C18H19ClF2INO. The van der Waals surface area contributed by atoms with Gasteiger partial charge in [-0.1, -0.05) is 11.6 Å². The van der Waals surface area contributed by atoms with E-state index in [2.05, 4.69) is 27.9 Å². The first-order chi connectivity index (χ1) is 11.2. The van der Waals surface area contributed by atoms with Crippen LogP contribution in [-0.4, -0.2) is 23.8 Å². The highest BCUT2D eigenvalue weighted by Crippen LogP contribution is 2.65. The van der Waals surface area contributed by atoms with E-state index in [1.807, 2.05) is 6.07 Å². The number of amides is 1. The summed E-state index contributed by atoms with van der Waals surface area (Å²) in [6.07, 6.45) is 2.54. The van der Waals surface area contributed by atoms with Gasteiger partial charge in [-0.3, -0.25) is 4.79 Å². The molecule has 6 heteroatoms. The van der Waals surface area contributed by atoms with Crippen molar-refractivity contribution in [1.29, 1.82) is 0 Å². The predicted octanol–water partition coefficient (Wildman–Crippen LogP) is 5.08. The summed E-state index contributed by atoms with van der Waals surface area (Å²) < 4.78 is 30.8. The van der Waals surface area contributed by atoms with Gasteiger partial charge in [0.1, 0.15) is 11.3 Å². The van der Waals surface area contributed by atoms with Gasteiger partial charge >= 0.3 is 0 Å². The van der Waals surface area contributed by atoms with Crippen LogP contribution in [0.15, 0.2) is 18.2 Å². The number of benzene rings is 1. The van der Waals surface area contributed by atoms with E-state index in [0.717, 1.165) is 9.99 Å². The van der Waals surface area contributed by atoms with Crippen LogP contribution in [0.2, 0.25) is 5.02 Å². The minimum atomic E-state index is -1.39. The Balaban J connectivity index is 1.51. The van der Waals surface area contributed by atoms with Crippen molar-refractivity contribution in [1.82, 2.24) is 5.32 Å². The highest BCUT2D eigenvalue weighted by Gasteiger charge is 2.64. The zero-order valence-electron chi connectivity index (χ0n) is 13.2. The normalized spacial score (nSPS) is 39.9. The Kier molecular flexibility index (Phi) is 3.92. The van der Waals surface area contributed by atoms with Crippen molar-refractivity contribution in [3.63, 3.8) is 0 Å². The van der Waals surface area contributed by atoms with Gasteiger partial charge in [0.05, 0.1) is 10.6 Å². The fourth-order valence-electron chi connectivity index (χ4n) is 5.63. The predicted molar refractivity (Wildman–Crippen MR) is 97.8 cm³/mol. The maximum Gasteiger partial charge on any atom is 0.252 e. The number of hydrogen-bond acceptors (Lipinski definition) is 1. The summed E-state index contributed by atoms with van der Waals surface area (Å²) in [4.78, 5) is 12.5. The van der Waals surface area contributed by atoms with Crippen LogP contribution in [0.3, 0.4) is 0 Å². The van der Waals surface area contributed by atoms with Gasteiger partial charge in [-0.2, -0.15) is 0 Å². The lowest BCUT2D eigenvalue weighted by atomic mass is 9.47. The molecule has 0 heterocycles. The number of rotatable bonds is 3. The first-order valence-electron chi connectivity index (χ1n) is 8.31. The summed E-state index contributed by atoms with van der Waals surface area (Å²) in [6, 6.07) is 5.25. The first-order valence-corrected chi connectivity index (χ1v) is 9.77. The molecule has 1 aromatic carbocycles. The Morgan fingerprint density at radius 3 is 2.50 bits per heavy atom. The fraction of sp³-hybridized carbons (Fsp3) is 0.611. The minimum absolute atomic E-state index is 0.0366. The van der Waals surface area contributed by atoms with E-state index in [1.54, 1.807) is 12.1 Å². The van der Waals surface area contributed by atoms with Crippen LogP contribution >= 0.6 is 34.2 Å². The van der Waals surface area contributed by atoms with Crippen LogP contribution < -0.4 is 5.32 Å². The highest BCUT2D eigenvalue weighted by atomic mass is 127. The molecule has 24 heavy (non-hydrogen) atoms. The summed E-state index contributed by atoms with van der Waals surface area (Å²) in [5, 5.41) is 3.29. The number of carbonyl (C=O) groups is 1. The molecule has 4 aliphatic rings. The molecule has 0 aromatic heterocycles. The molecule has 4 saturated carbocycles. The minimum Gasteiger partial charge on any atom is -0.351 e. The van der Waals surface area contributed by atoms with E-state index in [1.165, 1.54) is 0 Å². The summed E-state index contributed by atoms with van der Waals surface area (Å²) in [5.74, 6) is -0.163. The fourth-order valence-corrected chi connectivity index (χ4v) is 6.32. The van der Waals surface area contributed by atoms with Crippen molar-refractivity contribution in [2.24, 2.45) is 11.3 Å². The Hall–Kier alpha value is -0.430. The number of alkyl halides is 2. The van der Waals surface area contributed by atoms with Crippen molar-refractivity contribution >= 4 is 40.1 Å². The van der Waals surface area contributed by atoms with Crippen molar-refractivity contribution in [3.8, 4) is 0 Å². The number of carbonyl (C=O) groups excluding carboxylic acids is 1. The molecule has 1 amide bonds. The van der Waals surface area contributed by atoms with Crippen LogP contribution in [0.5, 0.6) is 0 Å². The molecule has 5 rings (SSSR count). The van der Waals surface area contributed by atoms with Crippen LogP contribution in [0.1, 0.15) is 48.9 Å². The standard InChI is InChI=1S/C18H19ClF2INO/c19-14-2-1-12(22)3-13(14)15(24)23-10-16-4-11-5-17(20,7-16)9-18(21,6-11)8-16/h1-3,11H,4-10H2,(H,23,24)/t11?,16?,17-,18+. The molecule has 4 fully saturated rings. The van der Waals surface area contributed by atoms with Gasteiger partial charge < -0.3 is 5.32 Å². The molecule has 4 atom stereocenters. The zero-order chi connectivity index (χ0) is 17.2. The molecule has 2 unspecified atom stereocenters. The van der Waals surface area contributed by atoms with E-state index in [0.29, 0.717) is 42.8 Å². The maximum absolute atomic E-state index is 15.0. The largest absolute Gasteiger partial charge is 0.351 e.